The number of rotatable bonds is 41. The van der Waals surface area contributed by atoms with Crippen LogP contribution in [0.25, 0.3) is 0 Å². The zero-order valence-corrected chi connectivity index (χ0v) is 35.7. The monoisotopic (exact) mass is 759 g/mol. The van der Waals surface area contributed by atoms with Crippen molar-refractivity contribution in [2.24, 2.45) is 0 Å². The highest BCUT2D eigenvalue weighted by Gasteiger charge is 2.19. The first kappa shape index (κ1) is 51.6. The minimum absolute atomic E-state index is 0.0787. The minimum atomic E-state index is -0.776. The number of carbonyl (C=O) groups excluding carboxylic acids is 3. The second kappa shape index (κ2) is 43.4. The SMILES string of the molecule is CCCC/C=C\C/C=C\CCCCCCCC(=O)OCC(COC(=O)CCCCCCCCCC)OC(=O)CCCCCCC/C=C\CCCCCCC. The highest BCUT2D eigenvalue weighted by atomic mass is 16.6. The largest absolute Gasteiger partial charge is 0.462 e. The van der Waals surface area contributed by atoms with Crippen LogP contribution >= 0.6 is 0 Å². The lowest BCUT2D eigenvalue weighted by atomic mass is 10.1. The standard InChI is InChI=1S/C48H86O6/c1-4-7-10-13-16-19-21-23-25-27-29-32-35-38-41-47(50)53-44-45(43-52-46(49)40-37-34-31-18-15-12-9-6-3)54-48(51)42-39-36-33-30-28-26-24-22-20-17-14-11-8-5-2/h13,16,21-24,45H,4-12,14-15,17-20,25-44H2,1-3H3/b16-13-,23-21-,24-22-. The molecule has 1 atom stereocenters. The molecule has 0 spiro atoms. The van der Waals surface area contributed by atoms with Gasteiger partial charge in [0.2, 0.25) is 0 Å². The van der Waals surface area contributed by atoms with E-state index in [1.165, 1.54) is 103 Å². The summed E-state index contributed by atoms with van der Waals surface area (Å²) in [5.41, 5.74) is 0. The summed E-state index contributed by atoms with van der Waals surface area (Å²) in [5.74, 6) is -0.904. The number of ether oxygens (including phenoxy) is 3. The number of esters is 3. The van der Waals surface area contributed by atoms with Gasteiger partial charge in [-0.2, -0.15) is 0 Å². The van der Waals surface area contributed by atoms with Crippen molar-refractivity contribution >= 4 is 17.9 Å². The first-order chi connectivity index (χ1) is 26.5. The summed E-state index contributed by atoms with van der Waals surface area (Å²) < 4.78 is 16.7. The predicted molar refractivity (Wildman–Crippen MR) is 229 cm³/mol. The second-order valence-corrected chi connectivity index (χ2v) is 15.3. The molecule has 314 valence electrons. The lowest BCUT2D eigenvalue weighted by molar-refractivity contribution is -0.167. The Morgan fingerprint density at radius 1 is 0.370 bits per heavy atom. The fraction of sp³-hybridized carbons (Fsp3) is 0.812. The van der Waals surface area contributed by atoms with Crippen molar-refractivity contribution in [2.75, 3.05) is 13.2 Å². The minimum Gasteiger partial charge on any atom is -0.462 e. The van der Waals surface area contributed by atoms with Gasteiger partial charge in [0.25, 0.3) is 0 Å². The van der Waals surface area contributed by atoms with Crippen molar-refractivity contribution in [3.05, 3.63) is 36.5 Å². The molecule has 0 rings (SSSR count). The maximum atomic E-state index is 12.7. The van der Waals surface area contributed by atoms with E-state index >= 15 is 0 Å². The van der Waals surface area contributed by atoms with E-state index in [0.29, 0.717) is 19.3 Å². The van der Waals surface area contributed by atoms with Crippen molar-refractivity contribution in [3.63, 3.8) is 0 Å². The highest BCUT2D eigenvalue weighted by molar-refractivity contribution is 5.71. The summed E-state index contributed by atoms with van der Waals surface area (Å²) in [4.78, 5) is 37.6. The number of allylic oxidation sites excluding steroid dienone is 6. The van der Waals surface area contributed by atoms with Crippen LogP contribution in [0.2, 0.25) is 0 Å². The van der Waals surface area contributed by atoms with Gasteiger partial charge in [0.15, 0.2) is 6.10 Å². The average molecular weight is 759 g/mol. The van der Waals surface area contributed by atoms with E-state index in [9.17, 15) is 14.4 Å². The maximum absolute atomic E-state index is 12.7. The molecule has 0 aromatic carbocycles. The molecule has 0 aliphatic carbocycles. The summed E-state index contributed by atoms with van der Waals surface area (Å²) in [6.07, 6.45) is 48.4. The van der Waals surface area contributed by atoms with Crippen molar-refractivity contribution in [3.8, 4) is 0 Å². The lowest BCUT2D eigenvalue weighted by Gasteiger charge is -2.18. The van der Waals surface area contributed by atoms with Crippen LogP contribution in [0.1, 0.15) is 233 Å². The summed E-state index contributed by atoms with van der Waals surface area (Å²) in [7, 11) is 0. The van der Waals surface area contributed by atoms with Gasteiger partial charge in [-0.3, -0.25) is 14.4 Å². The topological polar surface area (TPSA) is 78.9 Å². The Kier molecular flexibility index (Phi) is 41.5. The number of unbranched alkanes of at least 4 members (excludes halogenated alkanes) is 24. The smallest absolute Gasteiger partial charge is 0.306 e. The third kappa shape index (κ3) is 40.8. The molecule has 0 N–H and O–H groups in total. The molecule has 0 amide bonds. The normalized spacial score (nSPS) is 12.3. The quantitative estimate of drug-likeness (QED) is 0.0267. The Bertz CT molecular complexity index is 922. The molecule has 54 heavy (non-hydrogen) atoms. The van der Waals surface area contributed by atoms with Gasteiger partial charge in [0.05, 0.1) is 0 Å². The average Bonchev–Trinajstić information content (AvgIpc) is 3.17. The highest BCUT2D eigenvalue weighted by Crippen LogP contribution is 2.13. The second-order valence-electron chi connectivity index (χ2n) is 15.3. The van der Waals surface area contributed by atoms with Crippen LogP contribution in [0.15, 0.2) is 36.5 Å². The van der Waals surface area contributed by atoms with Crippen molar-refractivity contribution < 1.29 is 28.6 Å². The fourth-order valence-corrected chi connectivity index (χ4v) is 6.33. The molecule has 0 heterocycles. The van der Waals surface area contributed by atoms with Crippen LogP contribution in [-0.4, -0.2) is 37.2 Å². The van der Waals surface area contributed by atoms with Crippen LogP contribution in [0.3, 0.4) is 0 Å². The van der Waals surface area contributed by atoms with Gasteiger partial charge < -0.3 is 14.2 Å². The van der Waals surface area contributed by atoms with E-state index in [-0.39, 0.29) is 31.1 Å². The molecule has 0 saturated carbocycles. The molecule has 1 unspecified atom stereocenters. The van der Waals surface area contributed by atoms with Crippen molar-refractivity contribution in [2.45, 2.75) is 239 Å². The van der Waals surface area contributed by atoms with Gasteiger partial charge in [-0.15, -0.1) is 0 Å². The Hall–Kier alpha value is -2.37. The number of hydrogen-bond donors (Lipinski definition) is 0. The Morgan fingerprint density at radius 3 is 1.09 bits per heavy atom. The Balaban J connectivity index is 4.36. The molecule has 0 bridgehead atoms. The molecular formula is C48H86O6. The van der Waals surface area contributed by atoms with Gasteiger partial charge in [-0.05, 0) is 70.6 Å². The lowest BCUT2D eigenvalue weighted by Crippen LogP contribution is -2.30. The first-order valence-corrected chi connectivity index (χ1v) is 23.0. The predicted octanol–water partition coefficient (Wildman–Crippen LogP) is 14.6. The van der Waals surface area contributed by atoms with Crippen LogP contribution < -0.4 is 0 Å². The van der Waals surface area contributed by atoms with Crippen LogP contribution in [0.4, 0.5) is 0 Å². The van der Waals surface area contributed by atoms with Gasteiger partial charge in [0, 0.05) is 19.3 Å². The van der Waals surface area contributed by atoms with Gasteiger partial charge in [-0.25, -0.2) is 0 Å². The molecule has 6 heteroatoms. The van der Waals surface area contributed by atoms with E-state index in [2.05, 4.69) is 57.2 Å². The molecule has 0 aromatic rings. The van der Waals surface area contributed by atoms with Crippen molar-refractivity contribution in [1.29, 1.82) is 0 Å². The molecular weight excluding hydrogens is 673 g/mol. The van der Waals surface area contributed by atoms with Gasteiger partial charge in [0.1, 0.15) is 13.2 Å². The van der Waals surface area contributed by atoms with E-state index in [4.69, 9.17) is 14.2 Å². The van der Waals surface area contributed by atoms with Crippen molar-refractivity contribution in [1.82, 2.24) is 0 Å². The third-order valence-electron chi connectivity index (χ3n) is 9.87. The van der Waals surface area contributed by atoms with Crippen LogP contribution in [0, 0.1) is 0 Å². The van der Waals surface area contributed by atoms with Gasteiger partial charge >= 0.3 is 17.9 Å². The molecule has 0 aromatic heterocycles. The van der Waals surface area contributed by atoms with E-state index in [1.807, 2.05) is 0 Å². The first-order valence-electron chi connectivity index (χ1n) is 23.0. The molecule has 6 nitrogen and oxygen atoms in total. The fourth-order valence-electron chi connectivity index (χ4n) is 6.33. The Labute approximate surface area is 334 Å². The molecule has 0 radical (unpaired) electrons. The summed E-state index contributed by atoms with van der Waals surface area (Å²) in [6.45, 7) is 6.53. The van der Waals surface area contributed by atoms with E-state index < -0.39 is 6.10 Å². The molecule has 0 aliphatic rings. The summed E-state index contributed by atoms with van der Waals surface area (Å²) in [5, 5.41) is 0. The number of carbonyl (C=O) groups is 3. The van der Waals surface area contributed by atoms with Gasteiger partial charge in [-0.1, -0.05) is 179 Å². The summed E-state index contributed by atoms with van der Waals surface area (Å²) in [6, 6.07) is 0. The van der Waals surface area contributed by atoms with Crippen LogP contribution in [0.5, 0.6) is 0 Å². The third-order valence-corrected chi connectivity index (χ3v) is 9.87. The maximum Gasteiger partial charge on any atom is 0.306 e. The molecule has 0 fully saturated rings. The Morgan fingerprint density at radius 2 is 0.685 bits per heavy atom. The zero-order chi connectivity index (χ0) is 39.4. The van der Waals surface area contributed by atoms with Crippen LogP contribution in [-0.2, 0) is 28.6 Å². The molecule has 0 aliphatic heterocycles. The molecule has 0 saturated heterocycles. The summed E-state index contributed by atoms with van der Waals surface area (Å²) >= 11 is 0. The van der Waals surface area contributed by atoms with E-state index in [1.54, 1.807) is 0 Å². The number of hydrogen-bond acceptors (Lipinski definition) is 6. The zero-order valence-electron chi connectivity index (χ0n) is 35.7. The van der Waals surface area contributed by atoms with E-state index in [0.717, 1.165) is 89.9 Å².